The second kappa shape index (κ2) is 7.28. The van der Waals surface area contributed by atoms with Gasteiger partial charge in [-0.2, -0.15) is 0 Å². The van der Waals surface area contributed by atoms with E-state index in [1.165, 1.54) is 0 Å². The smallest absolute Gasteiger partial charge is 0.180 e. The first-order chi connectivity index (χ1) is 11.1. The number of halogens is 1. The van der Waals surface area contributed by atoms with Gasteiger partial charge >= 0.3 is 0 Å². The Balaban J connectivity index is 1.84. The lowest BCUT2D eigenvalue weighted by molar-refractivity contribution is 0.318. The van der Waals surface area contributed by atoms with E-state index in [0.29, 0.717) is 17.3 Å². The second-order valence-electron chi connectivity index (χ2n) is 5.29. The van der Waals surface area contributed by atoms with Crippen molar-refractivity contribution in [2.75, 3.05) is 17.7 Å². The quantitative estimate of drug-likeness (QED) is 0.518. The summed E-state index contributed by atoms with van der Waals surface area (Å²) in [4.78, 5) is 1.50. The molecule has 1 atom stereocenters. The summed E-state index contributed by atoms with van der Waals surface area (Å²) >= 11 is 4.95. The van der Waals surface area contributed by atoms with Crippen molar-refractivity contribution in [2.45, 2.75) is 21.5 Å². The van der Waals surface area contributed by atoms with Crippen LogP contribution in [0.5, 0.6) is 5.75 Å². The third kappa shape index (κ3) is 3.92. The highest BCUT2D eigenvalue weighted by Gasteiger charge is 2.35. The van der Waals surface area contributed by atoms with E-state index in [9.17, 15) is 8.42 Å². The number of ether oxygens (including phenoxy) is 1. The molecule has 0 N–H and O–H groups in total. The van der Waals surface area contributed by atoms with E-state index in [4.69, 9.17) is 4.74 Å². The molecule has 23 heavy (non-hydrogen) atoms. The van der Waals surface area contributed by atoms with Gasteiger partial charge in [-0.15, -0.1) is 11.8 Å². The molecule has 2 aromatic carbocycles. The second-order valence-corrected chi connectivity index (χ2v) is 9.36. The largest absolute Gasteiger partial charge is 0.494 e. The zero-order valence-electron chi connectivity index (χ0n) is 12.4. The Morgan fingerprint density at radius 3 is 2.70 bits per heavy atom. The average molecular weight is 413 g/mol. The molecule has 0 aliphatic carbocycles. The number of sulfone groups is 1. The molecule has 1 aliphatic heterocycles. The van der Waals surface area contributed by atoms with Gasteiger partial charge in [0.2, 0.25) is 0 Å². The fourth-order valence-corrected chi connectivity index (χ4v) is 6.24. The first kappa shape index (κ1) is 16.9. The van der Waals surface area contributed by atoms with Crippen LogP contribution in [0.15, 0.2) is 58.3 Å². The Labute approximate surface area is 149 Å². The zero-order valence-corrected chi connectivity index (χ0v) is 15.7. The van der Waals surface area contributed by atoms with Gasteiger partial charge in [0.1, 0.15) is 5.75 Å². The molecule has 3 rings (SSSR count). The summed E-state index contributed by atoms with van der Waals surface area (Å²) in [6, 6.07) is 15.3. The van der Waals surface area contributed by atoms with Gasteiger partial charge in [-0.05, 0) is 36.2 Å². The molecule has 0 saturated carbocycles. The molecular formula is C17H17BrO3S2. The number of alkyl halides is 1. The van der Waals surface area contributed by atoms with Crippen LogP contribution in [0.4, 0.5) is 0 Å². The summed E-state index contributed by atoms with van der Waals surface area (Å²) in [5.74, 6) is 0.769. The van der Waals surface area contributed by atoms with Crippen molar-refractivity contribution in [3.05, 3.63) is 54.1 Å². The van der Waals surface area contributed by atoms with E-state index in [-0.39, 0.29) is 11.0 Å². The lowest BCUT2D eigenvalue weighted by Gasteiger charge is -2.11. The molecular weight excluding hydrogens is 396 g/mol. The summed E-state index contributed by atoms with van der Waals surface area (Å²) in [5.41, 5.74) is 0.881. The normalized spacial score (nSPS) is 18.6. The Morgan fingerprint density at radius 1 is 1.17 bits per heavy atom. The monoisotopic (exact) mass is 412 g/mol. The van der Waals surface area contributed by atoms with E-state index in [0.717, 1.165) is 22.2 Å². The minimum absolute atomic E-state index is 0.0611. The van der Waals surface area contributed by atoms with Gasteiger partial charge in [-0.1, -0.05) is 40.2 Å². The van der Waals surface area contributed by atoms with Crippen LogP contribution in [0, 0.1) is 0 Å². The minimum atomic E-state index is -3.24. The maximum absolute atomic E-state index is 12.5. The summed E-state index contributed by atoms with van der Waals surface area (Å²) < 4.78 is 30.5. The fraction of sp³-hybridized carbons (Fsp3) is 0.294. The number of hydrogen-bond donors (Lipinski definition) is 0. The molecule has 0 radical (unpaired) electrons. The Kier molecular flexibility index (Phi) is 5.34. The predicted octanol–water partition coefficient (Wildman–Crippen LogP) is 4.47. The zero-order chi connectivity index (χ0) is 16.3. The highest BCUT2D eigenvalue weighted by Crippen LogP contribution is 2.45. The molecule has 1 unspecified atom stereocenters. The van der Waals surface area contributed by atoms with Crippen LogP contribution >= 0.6 is 27.7 Å². The summed E-state index contributed by atoms with van der Waals surface area (Å²) in [5, 5.41) is 0.806. The van der Waals surface area contributed by atoms with Gasteiger partial charge in [0.05, 0.1) is 22.5 Å². The van der Waals surface area contributed by atoms with Crippen molar-refractivity contribution < 1.29 is 13.2 Å². The molecule has 0 fully saturated rings. The van der Waals surface area contributed by atoms with Crippen LogP contribution in [0.1, 0.15) is 17.2 Å². The third-order valence-electron chi connectivity index (χ3n) is 3.61. The van der Waals surface area contributed by atoms with Gasteiger partial charge in [-0.3, -0.25) is 0 Å². The lowest BCUT2D eigenvalue weighted by Crippen LogP contribution is -2.01. The first-order valence-electron chi connectivity index (χ1n) is 7.37. The van der Waals surface area contributed by atoms with Gasteiger partial charge in [0.25, 0.3) is 0 Å². The summed E-state index contributed by atoms with van der Waals surface area (Å²) in [6.45, 7) is 0.576. The van der Waals surface area contributed by atoms with Crippen molar-refractivity contribution >= 4 is 37.5 Å². The van der Waals surface area contributed by atoms with E-state index >= 15 is 0 Å². The molecule has 0 bridgehead atoms. The maximum atomic E-state index is 12.5. The maximum Gasteiger partial charge on any atom is 0.180 e. The van der Waals surface area contributed by atoms with Crippen LogP contribution < -0.4 is 4.74 Å². The molecule has 1 heterocycles. The lowest BCUT2D eigenvalue weighted by atomic mass is 10.1. The minimum Gasteiger partial charge on any atom is -0.494 e. The van der Waals surface area contributed by atoms with Crippen molar-refractivity contribution in [3.8, 4) is 5.75 Å². The molecule has 0 spiro atoms. The number of fused-ring (bicyclic) bond motifs is 1. The van der Waals surface area contributed by atoms with Gasteiger partial charge in [0.15, 0.2) is 9.84 Å². The number of thioether (sulfide) groups is 1. The highest BCUT2D eigenvalue weighted by molar-refractivity contribution is 9.09. The van der Waals surface area contributed by atoms with Gasteiger partial charge in [-0.25, -0.2) is 8.42 Å². The van der Waals surface area contributed by atoms with Crippen molar-refractivity contribution in [3.63, 3.8) is 0 Å². The van der Waals surface area contributed by atoms with E-state index < -0.39 is 9.84 Å². The first-order valence-corrected chi connectivity index (χ1v) is 11.0. The number of rotatable bonds is 6. The van der Waals surface area contributed by atoms with Crippen LogP contribution in [0.2, 0.25) is 0 Å². The van der Waals surface area contributed by atoms with E-state index in [1.807, 2.05) is 42.5 Å². The van der Waals surface area contributed by atoms with Crippen LogP contribution in [0.3, 0.4) is 0 Å². The highest BCUT2D eigenvalue weighted by atomic mass is 79.9. The molecule has 2 aromatic rings. The van der Waals surface area contributed by atoms with E-state index in [2.05, 4.69) is 15.9 Å². The molecule has 122 valence electrons. The van der Waals surface area contributed by atoms with Gasteiger partial charge in [0, 0.05) is 10.2 Å². The molecule has 3 nitrogen and oxygen atoms in total. The molecule has 0 amide bonds. The van der Waals surface area contributed by atoms with Crippen LogP contribution in [0.25, 0.3) is 0 Å². The van der Waals surface area contributed by atoms with E-state index in [1.54, 1.807) is 17.8 Å². The van der Waals surface area contributed by atoms with Gasteiger partial charge < -0.3 is 4.74 Å². The van der Waals surface area contributed by atoms with Crippen LogP contribution in [-0.2, 0) is 9.84 Å². The number of benzene rings is 2. The average Bonchev–Trinajstić information content (AvgIpc) is 2.79. The van der Waals surface area contributed by atoms with Crippen molar-refractivity contribution in [1.82, 2.24) is 0 Å². The Morgan fingerprint density at radius 2 is 1.96 bits per heavy atom. The Hall–Kier alpha value is -0.980. The third-order valence-corrected chi connectivity index (χ3v) is 7.42. The molecule has 1 aliphatic rings. The molecule has 0 aromatic heterocycles. The topological polar surface area (TPSA) is 43.4 Å². The molecule has 0 saturated heterocycles. The standard InChI is InChI=1S/C17H17BrO3S2/c18-9-4-10-21-13-7-8-15-16(12-23(19,20)17(15)11-13)22-14-5-2-1-3-6-14/h1-3,5-8,11,16H,4,9-10,12H2. The predicted molar refractivity (Wildman–Crippen MR) is 97.4 cm³/mol. The fourth-order valence-electron chi connectivity index (χ4n) is 2.52. The SMILES string of the molecule is O=S1(=O)CC(Sc2ccccc2)c2ccc(OCCCBr)cc21. The van der Waals surface area contributed by atoms with Crippen molar-refractivity contribution in [2.24, 2.45) is 0 Å². The van der Waals surface area contributed by atoms with Crippen LogP contribution in [-0.4, -0.2) is 26.1 Å². The van der Waals surface area contributed by atoms with Crippen molar-refractivity contribution in [1.29, 1.82) is 0 Å². The summed E-state index contributed by atoms with van der Waals surface area (Å²) in [6.07, 6.45) is 0.885. The Bertz CT molecular complexity index is 776. The number of hydrogen-bond acceptors (Lipinski definition) is 4. The summed E-state index contributed by atoms with van der Waals surface area (Å²) in [7, 11) is -3.24. The molecule has 6 heteroatoms.